The predicted octanol–water partition coefficient (Wildman–Crippen LogP) is 0.746. The highest BCUT2D eigenvalue weighted by Crippen LogP contribution is 2.46. The molecule has 118 valence electrons. The number of rotatable bonds is 3. The molecule has 1 aliphatic heterocycles. The monoisotopic (exact) mass is 327 g/mol. The highest BCUT2D eigenvalue weighted by Gasteiger charge is 2.65. The second-order valence-corrected chi connectivity index (χ2v) is 6.74. The largest absolute Gasteiger partial charge is 0.481 e. The third-order valence-corrected chi connectivity index (χ3v) is 5.55. The van der Waals surface area contributed by atoms with Gasteiger partial charge in [-0.3, -0.25) is 9.89 Å². The van der Waals surface area contributed by atoms with E-state index in [0.29, 0.717) is 4.31 Å². The Morgan fingerprint density at radius 2 is 2.14 bits per heavy atom. The quantitative estimate of drug-likeness (QED) is 0.852. The van der Waals surface area contributed by atoms with Crippen molar-refractivity contribution in [1.29, 1.82) is 0 Å². The van der Waals surface area contributed by atoms with Gasteiger partial charge in [-0.2, -0.15) is 22.6 Å². The number of nitrogens with zero attached hydrogens (tertiary/aromatic N) is 2. The van der Waals surface area contributed by atoms with Crippen LogP contribution in [-0.2, 0) is 14.8 Å². The molecule has 2 rings (SSSR count). The van der Waals surface area contributed by atoms with Crippen molar-refractivity contribution >= 4 is 16.0 Å². The summed E-state index contributed by atoms with van der Waals surface area (Å²) in [5.74, 6) is -2.07. The number of aliphatic carboxylic acids is 1. The van der Waals surface area contributed by atoms with Crippen molar-refractivity contribution in [2.24, 2.45) is 5.41 Å². The van der Waals surface area contributed by atoms with Gasteiger partial charge in [-0.05, 0) is 13.3 Å². The molecule has 1 aliphatic rings. The van der Waals surface area contributed by atoms with Crippen molar-refractivity contribution in [3.05, 3.63) is 11.9 Å². The third-order valence-electron chi connectivity index (χ3n) is 3.59. The molecule has 1 aromatic heterocycles. The summed E-state index contributed by atoms with van der Waals surface area (Å²) in [6, 6.07) is 0. The molecule has 7 nitrogen and oxygen atoms in total. The zero-order valence-electron chi connectivity index (χ0n) is 10.8. The maximum atomic E-state index is 13.0. The number of aryl methyl sites for hydroxylation is 1. The fourth-order valence-electron chi connectivity index (χ4n) is 2.25. The van der Waals surface area contributed by atoms with Gasteiger partial charge in [0.05, 0.1) is 11.9 Å². The standard InChI is InChI=1S/C10H12F3N3O4S/c1-6-7(4-14-15-6)21(19,20)16-3-2-9(5-16,8(17)18)10(11,12)13/h4H,2-3,5H2,1H3,(H,14,15)(H,17,18). The van der Waals surface area contributed by atoms with Crippen LogP contribution in [0, 0.1) is 12.3 Å². The van der Waals surface area contributed by atoms with E-state index in [1.54, 1.807) is 0 Å². The number of hydrogen-bond donors (Lipinski definition) is 2. The Morgan fingerprint density at radius 1 is 1.52 bits per heavy atom. The molecule has 0 aromatic carbocycles. The molecule has 1 unspecified atom stereocenters. The molecule has 0 bridgehead atoms. The topological polar surface area (TPSA) is 103 Å². The first-order chi connectivity index (χ1) is 9.52. The Hall–Kier alpha value is -1.62. The lowest BCUT2D eigenvalue weighted by Crippen LogP contribution is -2.47. The van der Waals surface area contributed by atoms with E-state index in [1.807, 2.05) is 0 Å². The van der Waals surface area contributed by atoms with Crippen LogP contribution in [0.1, 0.15) is 12.1 Å². The number of carboxylic acids is 1. The number of H-pyrrole nitrogens is 1. The minimum atomic E-state index is -5.03. The van der Waals surface area contributed by atoms with Gasteiger partial charge in [-0.25, -0.2) is 8.42 Å². The molecule has 1 fully saturated rings. The van der Waals surface area contributed by atoms with E-state index >= 15 is 0 Å². The molecule has 2 N–H and O–H groups in total. The normalized spacial score (nSPS) is 24.4. The summed E-state index contributed by atoms with van der Waals surface area (Å²) in [5, 5.41) is 14.8. The van der Waals surface area contributed by atoms with Gasteiger partial charge in [-0.15, -0.1) is 0 Å². The van der Waals surface area contributed by atoms with E-state index in [0.717, 1.165) is 6.20 Å². The molecule has 1 atom stereocenters. The summed E-state index contributed by atoms with van der Waals surface area (Å²) in [6.07, 6.45) is -4.87. The average molecular weight is 327 g/mol. The lowest BCUT2D eigenvalue weighted by Gasteiger charge is -2.27. The Balaban J connectivity index is 2.39. The van der Waals surface area contributed by atoms with Gasteiger partial charge in [0.2, 0.25) is 10.0 Å². The summed E-state index contributed by atoms with van der Waals surface area (Å²) in [5.41, 5.74) is -2.90. The number of alkyl halides is 3. The van der Waals surface area contributed by atoms with Crippen molar-refractivity contribution in [2.45, 2.75) is 24.4 Å². The van der Waals surface area contributed by atoms with Crippen molar-refractivity contribution < 1.29 is 31.5 Å². The highest BCUT2D eigenvalue weighted by atomic mass is 32.2. The Morgan fingerprint density at radius 3 is 2.52 bits per heavy atom. The van der Waals surface area contributed by atoms with Crippen LogP contribution in [-0.4, -0.2) is 53.3 Å². The molecule has 0 saturated carbocycles. The van der Waals surface area contributed by atoms with Crippen molar-refractivity contribution in [3.8, 4) is 0 Å². The van der Waals surface area contributed by atoms with Crippen LogP contribution in [0.4, 0.5) is 13.2 Å². The first-order valence-electron chi connectivity index (χ1n) is 5.82. The van der Waals surface area contributed by atoms with Crippen LogP contribution in [0.25, 0.3) is 0 Å². The van der Waals surface area contributed by atoms with E-state index < -0.39 is 47.1 Å². The Labute approximate surface area is 117 Å². The zero-order valence-corrected chi connectivity index (χ0v) is 11.6. The number of nitrogens with one attached hydrogen (secondary N) is 1. The summed E-state index contributed by atoms with van der Waals surface area (Å²) < 4.78 is 64.1. The van der Waals surface area contributed by atoms with Crippen molar-refractivity contribution in [2.75, 3.05) is 13.1 Å². The Kier molecular flexibility index (Phi) is 3.53. The van der Waals surface area contributed by atoms with Crippen molar-refractivity contribution in [3.63, 3.8) is 0 Å². The average Bonchev–Trinajstić information content (AvgIpc) is 2.94. The lowest BCUT2D eigenvalue weighted by atomic mass is 9.86. The summed E-state index contributed by atoms with van der Waals surface area (Å²) in [7, 11) is -4.21. The number of carbonyl (C=O) groups is 1. The fraction of sp³-hybridized carbons (Fsp3) is 0.600. The molecule has 11 heteroatoms. The van der Waals surface area contributed by atoms with Crippen LogP contribution in [0.5, 0.6) is 0 Å². The van der Waals surface area contributed by atoms with Gasteiger partial charge in [0.15, 0.2) is 5.41 Å². The summed E-state index contributed by atoms with van der Waals surface area (Å²) in [6.45, 7) is -0.248. The van der Waals surface area contributed by atoms with Gasteiger partial charge in [-0.1, -0.05) is 0 Å². The van der Waals surface area contributed by atoms with Crippen LogP contribution in [0.15, 0.2) is 11.1 Å². The first-order valence-corrected chi connectivity index (χ1v) is 7.26. The van der Waals surface area contributed by atoms with Crippen LogP contribution >= 0.6 is 0 Å². The van der Waals surface area contributed by atoms with Crippen LogP contribution in [0.3, 0.4) is 0 Å². The van der Waals surface area contributed by atoms with Crippen molar-refractivity contribution in [1.82, 2.24) is 14.5 Å². The zero-order chi connectivity index (χ0) is 16.1. The first kappa shape index (κ1) is 15.8. The highest BCUT2D eigenvalue weighted by molar-refractivity contribution is 7.89. The molecule has 0 amide bonds. The van der Waals surface area contributed by atoms with Gasteiger partial charge in [0.1, 0.15) is 4.90 Å². The lowest BCUT2D eigenvalue weighted by molar-refractivity contribution is -0.226. The second-order valence-electron chi connectivity index (χ2n) is 4.83. The van der Waals surface area contributed by atoms with E-state index in [-0.39, 0.29) is 10.6 Å². The molecule has 1 aromatic rings. The number of carboxylic acid groups (broad SMARTS) is 1. The number of halogens is 3. The number of aromatic amines is 1. The SMILES string of the molecule is Cc1[nH]ncc1S(=O)(=O)N1CCC(C(=O)O)(C(F)(F)F)C1. The predicted molar refractivity (Wildman–Crippen MR) is 62.8 cm³/mol. The molecule has 0 spiro atoms. The number of aromatic nitrogens is 2. The Bertz CT molecular complexity index is 669. The molecule has 0 aliphatic carbocycles. The molecular weight excluding hydrogens is 315 g/mol. The van der Waals surface area contributed by atoms with Gasteiger partial charge < -0.3 is 5.11 Å². The minimum absolute atomic E-state index is 0.176. The summed E-state index contributed by atoms with van der Waals surface area (Å²) >= 11 is 0. The van der Waals surface area contributed by atoms with Gasteiger partial charge in [0, 0.05) is 13.1 Å². The van der Waals surface area contributed by atoms with Gasteiger partial charge in [0.25, 0.3) is 0 Å². The molecule has 2 heterocycles. The van der Waals surface area contributed by atoms with E-state index in [9.17, 15) is 26.4 Å². The molecular formula is C10H12F3N3O4S. The van der Waals surface area contributed by atoms with E-state index in [1.165, 1.54) is 6.92 Å². The maximum absolute atomic E-state index is 13.0. The van der Waals surface area contributed by atoms with Gasteiger partial charge >= 0.3 is 12.1 Å². The van der Waals surface area contributed by atoms with Crippen LogP contribution in [0.2, 0.25) is 0 Å². The van der Waals surface area contributed by atoms with E-state index in [4.69, 9.17) is 5.11 Å². The van der Waals surface area contributed by atoms with Crippen LogP contribution < -0.4 is 0 Å². The smallest absolute Gasteiger partial charge is 0.406 e. The third kappa shape index (κ3) is 2.29. The molecule has 0 radical (unpaired) electrons. The second kappa shape index (κ2) is 4.70. The number of hydrogen-bond acceptors (Lipinski definition) is 4. The molecule has 1 saturated heterocycles. The number of sulfonamides is 1. The molecule has 21 heavy (non-hydrogen) atoms. The van der Waals surface area contributed by atoms with E-state index in [2.05, 4.69) is 10.2 Å². The maximum Gasteiger partial charge on any atom is 0.406 e. The fourth-order valence-corrected chi connectivity index (χ4v) is 3.86. The summed E-state index contributed by atoms with van der Waals surface area (Å²) in [4.78, 5) is 10.8. The minimum Gasteiger partial charge on any atom is -0.481 e.